The fourth-order valence-electron chi connectivity index (χ4n) is 2.48. The van der Waals surface area contributed by atoms with Crippen molar-refractivity contribution in [3.8, 4) is 0 Å². The molecular formula is C15H25N3. The van der Waals surface area contributed by atoms with Crippen LogP contribution in [0.4, 0.5) is 0 Å². The number of benzene rings is 1. The van der Waals surface area contributed by atoms with Gasteiger partial charge >= 0.3 is 0 Å². The molecule has 100 valence electrons. The molecule has 0 spiro atoms. The first-order chi connectivity index (χ1) is 8.65. The average molecular weight is 247 g/mol. The highest BCUT2D eigenvalue weighted by atomic mass is 15.2. The van der Waals surface area contributed by atoms with Crippen LogP contribution >= 0.6 is 0 Å². The second kappa shape index (κ2) is 6.32. The summed E-state index contributed by atoms with van der Waals surface area (Å²) in [4.78, 5) is 4.89. The van der Waals surface area contributed by atoms with E-state index in [1.807, 2.05) is 0 Å². The van der Waals surface area contributed by atoms with E-state index in [4.69, 9.17) is 5.73 Å². The molecule has 1 unspecified atom stereocenters. The van der Waals surface area contributed by atoms with Crippen molar-refractivity contribution in [1.29, 1.82) is 0 Å². The topological polar surface area (TPSA) is 32.5 Å². The van der Waals surface area contributed by atoms with Crippen molar-refractivity contribution in [2.24, 2.45) is 5.73 Å². The van der Waals surface area contributed by atoms with Gasteiger partial charge in [0, 0.05) is 25.7 Å². The lowest BCUT2D eigenvalue weighted by molar-refractivity contribution is 0.262. The van der Waals surface area contributed by atoms with E-state index in [0.29, 0.717) is 0 Å². The molecule has 3 heteroatoms. The molecule has 1 aliphatic heterocycles. The standard InChI is InChI=1S/C15H25N3/c1-13-4-6-14(7-5-13)15(16)12-18-9-3-8-17(2)10-11-18/h4-7,15H,3,8-12,16H2,1-2H3. The van der Waals surface area contributed by atoms with Crippen molar-refractivity contribution in [3.63, 3.8) is 0 Å². The third-order valence-electron chi connectivity index (χ3n) is 3.77. The molecular weight excluding hydrogens is 222 g/mol. The molecule has 0 bridgehead atoms. The minimum atomic E-state index is 0.133. The summed E-state index contributed by atoms with van der Waals surface area (Å²) in [5.74, 6) is 0. The van der Waals surface area contributed by atoms with Gasteiger partial charge in [-0.2, -0.15) is 0 Å². The van der Waals surface area contributed by atoms with Crippen molar-refractivity contribution < 1.29 is 0 Å². The van der Waals surface area contributed by atoms with E-state index in [0.717, 1.165) is 19.6 Å². The van der Waals surface area contributed by atoms with Gasteiger partial charge in [0.1, 0.15) is 0 Å². The first-order valence-corrected chi connectivity index (χ1v) is 6.88. The SMILES string of the molecule is Cc1ccc(C(N)CN2CCCN(C)CC2)cc1. The molecule has 1 heterocycles. The summed E-state index contributed by atoms with van der Waals surface area (Å²) < 4.78 is 0. The van der Waals surface area contributed by atoms with Gasteiger partial charge in [-0.15, -0.1) is 0 Å². The number of nitrogens with zero attached hydrogens (tertiary/aromatic N) is 2. The minimum absolute atomic E-state index is 0.133. The summed E-state index contributed by atoms with van der Waals surface area (Å²) >= 11 is 0. The van der Waals surface area contributed by atoms with Crippen molar-refractivity contribution in [3.05, 3.63) is 35.4 Å². The maximum Gasteiger partial charge on any atom is 0.0424 e. The van der Waals surface area contributed by atoms with E-state index in [1.54, 1.807) is 0 Å². The smallest absolute Gasteiger partial charge is 0.0424 e. The lowest BCUT2D eigenvalue weighted by atomic mass is 10.1. The maximum atomic E-state index is 6.31. The highest BCUT2D eigenvalue weighted by Gasteiger charge is 2.15. The van der Waals surface area contributed by atoms with Crippen LogP contribution in [0.15, 0.2) is 24.3 Å². The molecule has 1 fully saturated rings. The van der Waals surface area contributed by atoms with Gasteiger partial charge in [0.15, 0.2) is 0 Å². The maximum absolute atomic E-state index is 6.31. The predicted molar refractivity (Wildman–Crippen MR) is 76.7 cm³/mol. The molecule has 0 saturated carbocycles. The number of nitrogens with two attached hydrogens (primary N) is 1. The molecule has 0 aliphatic carbocycles. The van der Waals surface area contributed by atoms with Gasteiger partial charge in [0.25, 0.3) is 0 Å². The van der Waals surface area contributed by atoms with Crippen LogP contribution in [0, 0.1) is 6.92 Å². The van der Waals surface area contributed by atoms with Crippen molar-refractivity contribution in [2.75, 3.05) is 39.8 Å². The van der Waals surface area contributed by atoms with Crippen LogP contribution in [0.25, 0.3) is 0 Å². The fourth-order valence-corrected chi connectivity index (χ4v) is 2.48. The third-order valence-corrected chi connectivity index (χ3v) is 3.77. The second-order valence-electron chi connectivity index (χ2n) is 5.47. The van der Waals surface area contributed by atoms with Crippen LogP contribution in [0.5, 0.6) is 0 Å². The van der Waals surface area contributed by atoms with Crippen LogP contribution in [-0.2, 0) is 0 Å². The van der Waals surface area contributed by atoms with Gasteiger partial charge in [0.2, 0.25) is 0 Å². The molecule has 0 radical (unpaired) electrons. The second-order valence-corrected chi connectivity index (χ2v) is 5.47. The highest BCUT2D eigenvalue weighted by molar-refractivity contribution is 5.24. The summed E-state index contributed by atoms with van der Waals surface area (Å²) in [6, 6.07) is 8.74. The van der Waals surface area contributed by atoms with Crippen LogP contribution < -0.4 is 5.73 Å². The molecule has 0 amide bonds. The first-order valence-electron chi connectivity index (χ1n) is 6.88. The van der Waals surface area contributed by atoms with Crippen LogP contribution in [-0.4, -0.2) is 49.6 Å². The van der Waals surface area contributed by atoms with Gasteiger partial charge < -0.3 is 15.5 Å². The molecule has 3 nitrogen and oxygen atoms in total. The van der Waals surface area contributed by atoms with Crippen LogP contribution in [0.3, 0.4) is 0 Å². The Morgan fingerprint density at radius 3 is 2.56 bits per heavy atom. The Morgan fingerprint density at radius 2 is 1.83 bits per heavy atom. The Kier molecular flexibility index (Phi) is 4.75. The summed E-state index contributed by atoms with van der Waals surface area (Å²) in [5.41, 5.74) is 8.85. The van der Waals surface area contributed by atoms with Gasteiger partial charge in [-0.05, 0) is 39.0 Å². The average Bonchev–Trinajstić information content (AvgIpc) is 2.55. The van der Waals surface area contributed by atoms with Gasteiger partial charge in [-0.3, -0.25) is 0 Å². The highest BCUT2D eigenvalue weighted by Crippen LogP contribution is 2.14. The van der Waals surface area contributed by atoms with E-state index in [2.05, 4.69) is 48.0 Å². The normalized spacial score (nSPS) is 20.6. The molecule has 18 heavy (non-hydrogen) atoms. The van der Waals surface area contributed by atoms with Gasteiger partial charge in [0.05, 0.1) is 0 Å². The molecule has 1 aromatic rings. The zero-order valence-corrected chi connectivity index (χ0v) is 11.6. The van der Waals surface area contributed by atoms with Crippen LogP contribution in [0.2, 0.25) is 0 Å². The zero-order valence-electron chi connectivity index (χ0n) is 11.6. The summed E-state index contributed by atoms with van der Waals surface area (Å²) in [6.07, 6.45) is 1.25. The van der Waals surface area contributed by atoms with E-state index in [1.165, 1.54) is 30.6 Å². The van der Waals surface area contributed by atoms with Gasteiger partial charge in [-0.1, -0.05) is 29.8 Å². The molecule has 1 aromatic carbocycles. The Balaban J connectivity index is 1.90. The first kappa shape index (κ1) is 13.5. The summed E-state index contributed by atoms with van der Waals surface area (Å²) in [7, 11) is 2.20. The lowest BCUT2D eigenvalue weighted by Gasteiger charge is -2.24. The van der Waals surface area contributed by atoms with E-state index < -0.39 is 0 Å². The summed E-state index contributed by atoms with van der Waals surface area (Å²) in [6.45, 7) is 7.74. The van der Waals surface area contributed by atoms with Crippen molar-refractivity contribution >= 4 is 0 Å². The third kappa shape index (κ3) is 3.80. The lowest BCUT2D eigenvalue weighted by Crippen LogP contribution is -2.35. The number of aryl methyl sites for hydroxylation is 1. The molecule has 1 saturated heterocycles. The van der Waals surface area contributed by atoms with Crippen LogP contribution in [0.1, 0.15) is 23.6 Å². The molecule has 0 aromatic heterocycles. The molecule has 1 aliphatic rings. The quantitative estimate of drug-likeness (QED) is 0.881. The number of hydrogen-bond donors (Lipinski definition) is 1. The Bertz CT molecular complexity index is 361. The number of likely N-dealkylation sites (N-methyl/N-ethyl adjacent to an activating group) is 1. The molecule has 2 rings (SSSR count). The number of rotatable bonds is 3. The Hall–Kier alpha value is -0.900. The zero-order chi connectivity index (χ0) is 13.0. The Morgan fingerprint density at radius 1 is 1.11 bits per heavy atom. The van der Waals surface area contributed by atoms with E-state index in [-0.39, 0.29) is 6.04 Å². The predicted octanol–water partition coefficient (Wildman–Crippen LogP) is 1.63. The van der Waals surface area contributed by atoms with E-state index in [9.17, 15) is 0 Å². The fraction of sp³-hybridized carbons (Fsp3) is 0.600. The van der Waals surface area contributed by atoms with Crippen molar-refractivity contribution in [1.82, 2.24) is 9.80 Å². The monoisotopic (exact) mass is 247 g/mol. The van der Waals surface area contributed by atoms with Crippen molar-refractivity contribution in [2.45, 2.75) is 19.4 Å². The minimum Gasteiger partial charge on any atom is -0.323 e. The molecule has 1 atom stereocenters. The van der Waals surface area contributed by atoms with E-state index >= 15 is 0 Å². The van der Waals surface area contributed by atoms with Gasteiger partial charge in [-0.25, -0.2) is 0 Å². The molecule has 2 N–H and O–H groups in total. The summed E-state index contributed by atoms with van der Waals surface area (Å²) in [5, 5.41) is 0. The Labute approximate surface area is 111 Å². The largest absolute Gasteiger partial charge is 0.323 e. The number of hydrogen-bond acceptors (Lipinski definition) is 3.